The summed E-state index contributed by atoms with van der Waals surface area (Å²) in [7, 11) is 0. The monoisotopic (exact) mass is 223 g/mol. The van der Waals surface area contributed by atoms with Gasteiger partial charge in [0.05, 0.1) is 0 Å². The molecule has 1 aromatic rings. The van der Waals surface area contributed by atoms with Gasteiger partial charge in [0.15, 0.2) is 0 Å². The molecule has 86 valence electrons. The van der Waals surface area contributed by atoms with Gasteiger partial charge in [0.1, 0.15) is 11.9 Å². The van der Waals surface area contributed by atoms with Crippen LogP contribution in [0, 0.1) is 5.82 Å². The van der Waals surface area contributed by atoms with Gasteiger partial charge in [-0.3, -0.25) is 4.79 Å². The molecular formula is C12H14FNO2. The molecule has 0 fully saturated rings. The number of nitrogens with two attached hydrogens (primary N) is 1. The number of carbonyl (C=O) groups is 1. The van der Waals surface area contributed by atoms with Crippen molar-refractivity contribution in [2.75, 3.05) is 0 Å². The minimum Gasteiger partial charge on any atom is -0.480 e. The Labute approximate surface area is 93.1 Å². The molecule has 4 heteroatoms. The molecule has 2 atom stereocenters. The molecule has 1 aliphatic rings. The van der Waals surface area contributed by atoms with E-state index in [1.165, 1.54) is 12.1 Å². The SMILES string of the molecule is NC(C(=O)O)C1CCCc2ccc(F)cc21. The van der Waals surface area contributed by atoms with Crippen molar-refractivity contribution in [3.05, 3.63) is 35.1 Å². The van der Waals surface area contributed by atoms with Crippen molar-refractivity contribution in [2.45, 2.75) is 31.2 Å². The van der Waals surface area contributed by atoms with Crippen LogP contribution < -0.4 is 5.73 Å². The zero-order chi connectivity index (χ0) is 11.7. The maximum atomic E-state index is 13.1. The number of aliphatic carboxylic acids is 1. The van der Waals surface area contributed by atoms with E-state index in [1.54, 1.807) is 6.07 Å². The third-order valence-electron chi connectivity index (χ3n) is 3.19. The van der Waals surface area contributed by atoms with Crippen molar-refractivity contribution in [3.63, 3.8) is 0 Å². The summed E-state index contributed by atoms with van der Waals surface area (Å²) in [6, 6.07) is 3.61. The normalized spacial score (nSPS) is 21.2. The number of carboxylic acid groups (broad SMARTS) is 1. The summed E-state index contributed by atoms with van der Waals surface area (Å²) in [5.41, 5.74) is 7.42. The van der Waals surface area contributed by atoms with Gasteiger partial charge in [0.25, 0.3) is 0 Å². The molecule has 1 aromatic carbocycles. The molecule has 0 saturated carbocycles. The largest absolute Gasteiger partial charge is 0.480 e. The molecule has 16 heavy (non-hydrogen) atoms. The summed E-state index contributed by atoms with van der Waals surface area (Å²) < 4.78 is 13.1. The van der Waals surface area contributed by atoms with Gasteiger partial charge >= 0.3 is 5.97 Å². The zero-order valence-corrected chi connectivity index (χ0v) is 8.82. The average molecular weight is 223 g/mol. The lowest BCUT2D eigenvalue weighted by Gasteiger charge is -2.28. The summed E-state index contributed by atoms with van der Waals surface area (Å²) in [6.07, 6.45) is 2.49. The van der Waals surface area contributed by atoms with Crippen LogP contribution >= 0.6 is 0 Å². The van der Waals surface area contributed by atoms with Gasteiger partial charge in [-0.1, -0.05) is 6.07 Å². The van der Waals surface area contributed by atoms with E-state index in [0.29, 0.717) is 6.42 Å². The van der Waals surface area contributed by atoms with E-state index < -0.39 is 12.0 Å². The van der Waals surface area contributed by atoms with Gasteiger partial charge in [0.2, 0.25) is 0 Å². The fourth-order valence-corrected chi connectivity index (χ4v) is 2.35. The molecule has 2 rings (SSSR count). The second-order valence-corrected chi connectivity index (χ2v) is 4.21. The van der Waals surface area contributed by atoms with Crippen LogP contribution in [0.1, 0.15) is 29.9 Å². The van der Waals surface area contributed by atoms with Crippen LogP contribution in [0.3, 0.4) is 0 Å². The van der Waals surface area contributed by atoms with Crippen LogP contribution in [0.5, 0.6) is 0 Å². The molecule has 1 aliphatic carbocycles. The minimum atomic E-state index is -1.03. The Bertz CT molecular complexity index is 419. The van der Waals surface area contributed by atoms with Gasteiger partial charge in [0, 0.05) is 5.92 Å². The van der Waals surface area contributed by atoms with Crippen LogP contribution in [-0.2, 0) is 11.2 Å². The van der Waals surface area contributed by atoms with Crippen molar-refractivity contribution in [1.82, 2.24) is 0 Å². The number of hydrogen-bond donors (Lipinski definition) is 2. The van der Waals surface area contributed by atoms with E-state index in [1.807, 2.05) is 0 Å². The maximum Gasteiger partial charge on any atom is 0.321 e. The number of hydrogen-bond acceptors (Lipinski definition) is 2. The lowest BCUT2D eigenvalue weighted by molar-refractivity contribution is -0.139. The van der Waals surface area contributed by atoms with Gasteiger partial charge in [-0.15, -0.1) is 0 Å². The molecule has 3 nitrogen and oxygen atoms in total. The number of rotatable bonds is 2. The van der Waals surface area contributed by atoms with Gasteiger partial charge in [-0.2, -0.15) is 0 Å². The number of fused-ring (bicyclic) bond motifs is 1. The van der Waals surface area contributed by atoms with E-state index in [2.05, 4.69) is 0 Å². The van der Waals surface area contributed by atoms with Crippen molar-refractivity contribution < 1.29 is 14.3 Å². The predicted molar refractivity (Wildman–Crippen MR) is 57.7 cm³/mol. The lowest BCUT2D eigenvalue weighted by Crippen LogP contribution is -2.38. The molecule has 0 aromatic heterocycles. The second kappa shape index (κ2) is 4.22. The highest BCUT2D eigenvalue weighted by molar-refractivity contribution is 5.74. The Morgan fingerprint density at radius 1 is 1.56 bits per heavy atom. The predicted octanol–water partition coefficient (Wildman–Crippen LogP) is 1.66. The van der Waals surface area contributed by atoms with Crippen LogP contribution in [0.4, 0.5) is 4.39 Å². The van der Waals surface area contributed by atoms with Crippen LogP contribution in [0.2, 0.25) is 0 Å². The highest BCUT2D eigenvalue weighted by atomic mass is 19.1. The Balaban J connectivity index is 2.38. The summed E-state index contributed by atoms with van der Waals surface area (Å²) >= 11 is 0. The van der Waals surface area contributed by atoms with E-state index >= 15 is 0 Å². The van der Waals surface area contributed by atoms with Crippen LogP contribution in [-0.4, -0.2) is 17.1 Å². The summed E-state index contributed by atoms with van der Waals surface area (Å²) in [5, 5.41) is 8.91. The first-order valence-electron chi connectivity index (χ1n) is 5.36. The van der Waals surface area contributed by atoms with Crippen molar-refractivity contribution in [3.8, 4) is 0 Å². The zero-order valence-electron chi connectivity index (χ0n) is 8.82. The number of aryl methyl sites for hydroxylation is 1. The van der Waals surface area contributed by atoms with E-state index in [0.717, 1.165) is 24.0 Å². The Morgan fingerprint density at radius 2 is 2.31 bits per heavy atom. The molecule has 0 radical (unpaired) electrons. The molecule has 0 bridgehead atoms. The number of halogens is 1. The fourth-order valence-electron chi connectivity index (χ4n) is 2.35. The highest BCUT2D eigenvalue weighted by Crippen LogP contribution is 2.33. The van der Waals surface area contributed by atoms with Crippen molar-refractivity contribution in [2.24, 2.45) is 5.73 Å². The third kappa shape index (κ3) is 1.93. The highest BCUT2D eigenvalue weighted by Gasteiger charge is 2.30. The van der Waals surface area contributed by atoms with E-state index in [-0.39, 0.29) is 11.7 Å². The molecule has 0 aliphatic heterocycles. The Morgan fingerprint density at radius 3 is 3.00 bits per heavy atom. The lowest BCUT2D eigenvalue weighted by atomic mass is 9.79. The quantitative estimate of drug-likeness (QED) is 0.801. The van der Waals surface area contributed by atoms with E-state index in [4.69, 9.17) is 10.8 Å². The molecule has 0 amide bonds. The first kappa shape index (κ1) is 11.1. The molecule has 0 heterocycles. The smallest absolute Gasteiger partial charge is 0.321 e. The van der Waals surface area contributed by atoms with E-state index in [9.17, 15) is 9.18 Å². The average Bonchev–Trinajstić information content (AvgIpc) is 2.27. The minimum absolute atomic E-state index is 0.267. The topological polar surface area (TPSA) is 63.3 Å². The number of carboxylic acids is 1. The van der Waals surface area contributed by atoms with Gasteiger partial charge < -0.3 is 10.8 Å². The summed E-state index contributed by atoms with van der Waals surface area (Å²) in [6.45, 7) is 0. The van der Waals surface area contributed by atoms with Crippen LogP contribution in [0.25, 0.3) is 0 Å². The molecule has 3 N–H and O–H groups in total. The Kier molecular flexibility index (Phi) is 2.92. The molecule has 0 spiro atoms. The van der Waals surface area contributed by atoms with Gasteiger partial charge in [-0.25, -0.2) is 4.39 Å². The first-order valence-corrected chi connectivity index (χ1v) is 5.36. The Hall–Kier alpha value is -1.42. The molecule has 0 saturated heterocycles. The molecular weight excluding hydrogens is 209 g/mol. The number of benzene rings is 1. The first-order chi connectivity index (χ1) is 7.59. The van der Waals surface area contributed by atoms with Gasteiger partial charge in [-0.05, 0) is 42.5 Å². The maximum absolute atomic E-state index is 13.1. The third-order valence-corrected chi connectivity index (χ3v) is 3.19. The molecule has 2 unspecified atom stereocenters. The van der Waals surface area contributed by atoms with Crippen LogP contribution in [0.15, 0.2) is 18.2 Å². The standard InChI is InChI=1S/C12H14FNO2/c13-8-5-4-7-2-1-3-9(10(7)6-8)11(14)12(15)16/h4-6,9,11H,1-3,14H2,(H,15,16). The second-order valence-electron chi connectivity index (χ2n) is 4.21. The fraction of sp³-hybridized carbons (Fsp3) is 0.417. The van der Waals surface area contributed by atoms with Crippen molar-refractivity contribution >= 4 is 5.97 Å². The van der Waals surface area contributed by atoms with Crippen molar-refractivity contribution in [1.29, 1.82) is 0 Å². The summed E-state index contributed by atoms with van der Waals surface area (Å²) in [4.78, 5) is 10.9. The summed E-state index contributed by atoms with van der Waals surface area (Å²) in [5.74, 6) is -1.62.